The maximum absolute atomic E-state index is 12.7. The van der Waals surface area contributed by atoms with Gasteiger partial charge in [0.25, 0.3) is 5.91 Å². The van der Waals surface area contributed by atoms with Crippen LogP contribution in [-0.4, -0.2) is 34.8 Å². The molecule has 0 aliphatic carbocycles. The number of hydrogen-bond acceptors (Lipinski definition) is 4. The smallest absolute Gasteiger partial charge is 0.275 e. The van der Waals surface area contributed by atoms with E-state index >= 15 is 0 Å². The summed E-state index contributed by atoms with van der Waals surface area (Å²) in [6, 6.07) is 16.9. The maximum Gasteiger partial charge on any atom is 0.275 e. The Morgan fingerprint density at radius 3 is 2.54 bits per heavy atom. The summed E-state index contributed by atoms with van der Waals surface area (Å²) in [5.74, 6) is 0.937. The van der Waals surface area contributed by atoms with Crippen molar-refractivity contribution < 1.29 is 9.90 Å². The molecule has 1 N–H and O–H groups in total. The summed E-state index contributed by atoms with van der Waals surface area (Å²) in [6.07, 6.45) is 2.51. The van der Waals surface area contributed by atoms with Crippen molar-refractivity contribution >= 4 is 17.3 Å². The van der Waals surface area contributed by atoms with E-state index in [-0.39, 0.29) is 11.7 Å². The van der Waals surface area contributed by atoms with E-state index < -0.39 is 0 Å². The summed E-state index contributed by atoms with van der Waals surface area (Å²) < 4.78 is 0. The first-order chi connectivity index (χ1) is 11.7. The molecule has 0 unspecified atom stereocenters. The third kappa shape index (κ3) is 2.65. The SMILES string of the molecule is O=C1C(Cc2ccccc2)=NC2=CCN(c3ccc(O)cc3)CN12. The molecular weight excluding hydrogens is 302 g/mol. The van der Waals surface area contributed by atoms with Gasteiger partial charge in [0.1, 0.15) is 24.0 Å². The fraction of sp³-hybridized carbons (Fsp3) is 0.158. The lowest BCUT2D eigenvalue weighted by Crippen LogP contribution is -2.43. The van der Waals surface area contributed by atoms with E-state index in [9.17, 15) is 9.90 Å². The molecule has 2 aliphatic rings. The zero-order valence-electron chi connectivity index (χ0n) is 13.1. The Hall–Kier alpha value is -3.08. The van der Waals surface area contributed by atoms with Crippen molar-refractivity contribution in [2.45, 2.75) is 6.42 Å². The van der Waals surface area contributed by atoms with Crippen LogP contribution in [0.25, 0.3) is 0 Å². The number of phenols is 1. The number of hydrogen-bond donors (Lipinski definition) is 1. The Kier molecular flexibility index (Phi) is 3.54. The lowest BCUT2D eigenvalue weighted by Gasteiger charge is -2.32. The molecule has 0 saturated carbocycles. The first-order valence-electron chi connectivity index (χ1n) is 7.88. The van der Waals surface area contributed by atoms with Crippen LogP contribution in [0, 0.1) is 0 Å². The second-order valence-corrected chi connectivity index (χ2v) is 5.90. The zero-order chi connectivity index (χ0) is 16.5. The summed E-state index contributed by atoms with van der Waals surface area (Å²) >= 11 is 0. The molecule has 120 valence electrons. The van der Waals surface area contributed by atoms with Crippen molar-refractivity contribution in [3.05, 3.63) is 72.1 Å². The molecule has 5 heteroatoms. The zero-order valence-corrected chi connectivity index (χ0v) is 13.1. The normalized spacial score (nSPS) is 16.8. The number of fused-ring (bicyclic) bond motifs is 1. The predicted octanol–water partition coefficient (Wildman–Crippen LogP) is 2.54. The minimum Gasteiger partial charge on any atom is -0.508 e. The van der Waals surface area contributed by atoms with Crippen molar-refractivity contribution in [3.8, 4) is 5.75 Å². The Balaban J connectivity index is 1.51. The predicted molar refractivity (Wildman–Crippen MR) is 92.8 cm³/mol. The van der Waals surface area contributed by atoms with Crippen molar-refractivity contribution in [1.82, 2.24) is 4.90 Å². The maximum atomic E-state index is 12.7. The number of nitrogens with zero attached hydrogens (tertiary/aromatic N) is 3. The van der Waals surface area contributed by atoms with Gasteiger partial charge < -0.3 is 10.0 Å². The lowest BCUT2D eigenvalue weighted by molar-refractivity contribution is -0.121. The minimum atomic E-state index is -0.0337. The van der Waals surface area contributed by atoms with Crippen LogP contribution in [0.5, 0.6) is 5.75 Å². The van der Waals surface area contributed by atoms with Crippen LogP contribution in [0.4, 0.5) is 5.69 Å². The summed E-state index contributed by atoms with van der Waals surface area (Å²) in [5, 5.41) is 9.41. The summed E-state index contributed by atoms with van der Waals surface area (Å²) in [6.45, 7) is 1.16. The quantitative estimate of drug-likeness (QED) is 0.946. The molecule has 0 bridgehead atoms. The largest absolute Gasteiger partial charge is 0.508 e. The van der Waals surface area contributed by atoms with E-state index in [0.717, 1.165) is 17.1 Å². The van der Waals surface area contributed by atoms with Crippen LogP contribution in [0.3, 0.4) is 0 Å². The Morgan fingerprint density at radius 1 is 1.04 bits per heavy atom. The van der Waals surface area contributed by atoms with Gasteiger partial charge in [0.2, 0.25) is 0 Å². The van der Waals surface area contributed by atoms with Gasteiger partial charge in [-0.05, 0) is 35.9 Å². The first-order valence-corrected chi connectivity index (χ1v) is 7.88. The second kappa shape index (κ2) is 5.85. The molecule has 5 nitrogen and oxygen atoms in total. The van der Waals surface area contributed by atoms with Gasteiger partial charge in [-0.2, -0.15) is 0 Å². The van der Waals surface area contributed by atoms with Crippen LogP contribution >= 0.6 is 0 Å². The molecule has 0 atom stereocenters. The van der Waals surface area contributed by atoms with Crippen LogP contribution in [0.1, 0.15) is 5.56 Å². The molecule has 0 saturated heterocycles. The molecule has 4 rings (SSSR count). The molecule has 0 aromatic heterocycles. The Morgan fingerprint density at radius 2 is 1.79 bits per heavy atom. The van der Waals surface area contributed by atoms with E-state index in [1.54, 1.807) is 17.0 Å². The highest BCUT2D eigenvalue weighted by Crippen LogP contribution is 2.26. The molecule has 0 fully saturated rings. The van der Waals surface area contributed by atoms with Gasteiger partial charge in [0.15, 0.2) is 0 Å². The number of amides is 1. The average Bonchev–Trinajstić information content (AvgIpc) is 2.92. The molecule has 0 radical (unpaired) electrons. The lowest BCUT2D eigenvalue weighted by atomic mass is 10.1. The number of carbonyl (C=O) groups excluding carboxylic acids is 1. The van der Waals surface area contributed by atoms with Crippen LogP contribution in [-0.2, 0) is 11.2 Å². The highest BCUT2D eigenvalue weighted by atomic mass is 16.3. The number of rotatable bonds is 3. The van der Waals surface area contributed by atoms with Crippen LogP contribution in [0.15, 0.2) is 71.5 Å². The summed E-state index contributed by atoms with van der Waals surface area (Å²) in [4.78, 5) is 21.0. The molecule has 24 heavy (non-hydrogen) atoms. The topological polar surface area (TPSA) is 56.1 Å². The standard InChI is InChI=1S/C19H17N3O2/c23-16-8-6-15(7-9-16)21-11-10-18-20-17(19(24)22(18)13-21)12-14-4-2-1-3-5-14/h1-10,23H,11-13H2. The van der Waals surface area contributed by atoms with Crippen molar-refractivity contribution in [1.29, 1.82) is 0 Å². The van der Waals surface area contributed by atoms with Gasteiger partial charge in [-0.1, -0.05) is 30.3 Å². The van der Waals surface area contributed by atoms with Gasteiger partial charge in [0.05, 0.1) is 0 Å². The second-order valence-electron chi connectivity index (χ2n) is 5.90. The van der Waals surface area contributed by atoms with Gasteiger partial charge in [0, 0.05) is 18.7 Å². The number of benzene rings is 2. The third-order valence-corrected chi connectivity index (χ3v) is 4.25. The van der Waals surface area contributed by atoms with Gasteiger partial charge in [-0.25, -0.2) is 4.99 Å². The molecule has 2 aromatic rings. The fourth-order valence-corrected chi connectivity index (χ4v) is 2.97. The molecule has 1 amide bonds. The van der Waals surface area contributed by atoms with Gasteiger partial charge in [-0.3, -0.25) is 9.69 Å². The van der Waals surface area contributed by atoms with Gasteiger partial charge in [-0.15, -0.1) is 0 Å². The van der Waals surface area contributed by atoms with E-state index in [2.05, 4.69) is 9.89 Å². The van der Waals surface area contributed by atoms with Gasteiger partial charge >= 0.3 is 0 Å². The summed E-state index contributed by atoms with van der Waals surface area (Å²) in [5.41, 5.74) is 2.63. The Bertz CT molecular complexity index is 825. The van der Waals surface area contributed by atoms with Crippen molar-refractivity contribution in [3.63, 3.8) is 0 Å². The number of phenolic OH excluding ortho intramolecular Hbond substituents is 1. The molecule has 2 aliphatic heterocycles. The highest BCUT2D eigenvalue weighted by molar-refractivity contribution is 6.41. The van der Waals surface area contributed by atoms with Crippen LogP contribution in [0.2, 0.25) is 0 Å². The average molecular weight is 319 g/mol. The third-order valence-electron chi connectivity index (χ3n) is 4.25. The molecule has 2 heterocycles. The van der Waals surface area contributed by atoms with Crippen molar-refractivity contribution in [2.24, 2.45) is 4.99 Å². The number of aromatic hydroxyl groups is 1. The van der Waals surface area contributed by atoms with E-state index in [4.69, 9.17) is 0 Å². The minimum absolute atomic E-state index is 0.0337. The number of aliphatic imine (C=N–C) groups is 1. The van der Waals surface area contributed by atoms with E-state index in [1.165, 1.54) is 0 Å². The number of carbonyl (C=O) groups is 1. The molecule has 2 aromatic carbocycles. The van der Waals surface area contributed by atoms with E-state index in [0.29, 0.717) is 25.3 Å². The highest BCUT2D eigenvalue weighted by Gasteiger charge is 2.33. The van der Waals surface area contributed by atoms with E-state index in [1.807, 2.05) is 48.5 Å². The monoisotopic (exact) mass is 319 g/mol. The molecular formula is C19H17N3O2. The first kappa shape index (κ1) is 14.5. The fourth-order valence-electron chi connectivity index (χ4n) is 2.97. The van der Waals surface area contributed by atoms with Crippen LogP contribution < -0.4 is 4.90 Å². The number of anilines is 1. The van der Waals surface area contributed by atoms with Crippen molar-refractivity contribution in [2.75, 3.05) is 18.1 Å². The summed E-state index contributed by atoms with van der Waals surface area (Å²) in [7, 11) is 0. The Labute approximate surface area is 140 Å². The molecule has 0 spiro atoms.